The number of aromatic nitrogens is 1. The van der Waals surface area contributed by atoms with Crippen molar-refractivity contribution in [2.24, 2.45) is 0 Å². The largest absolute Gasteiger partial charge is 0.399 e. The van der Waals surface area contributed by atoms with E-state index in [2.05, 4.69) is 35.4 Å². The molecule has 0 unspecified atom stereocenters. The molecule has 4 heteroatoms. The minimum absolute atomic E-state index is 0.744. The molecule has 0 aliphatic rings. The van der Waals surface area contributed by atoms with Crippen LogP contribution >= 0.6 is 0 Å². The molecule has 124 valence electrons. The Morgan fingerprint density at radius 1 is 1.12 bits per heavy atom. The smallest absolute Gasteiger partial charge is 0.133 e. The zero-order valence-electron chi connectivity index (χ0n) is 14.2. The molecule has 24 heavy (non-hydrogen) atoms. The molecule has 0 saturated heterocycles. The summed E-state index contributed by atoms with van der Waals surface area (Å²) in [6.45, 7) is 3.72. The van der Waals surface area contributed by atoms with Crippen LogP contribution in [0.1, 0.15) is 12.0 Å². The van der Waals surface area contributed by atoms with Gasteiger partial charge in [0.15, 0.2) is 0 Å². The van der Waals surface area contributed by atoms with Crippen molar-refractivity contribution < 1.29 is 4.74 Å². The van der Waals surface area contributed by atoms with Crippen LogP contribution in [-0.2, 0) is 4.74 Å². The van der Waals surface area contributed by atoms with E-state index in [1.165, 1.54) is 10.9 Å². The van der Waals surface area contributed by atoms with E-state index in [0.717, 1.165) is 47.6 Å². The van der Waals surface area contributed by atoms with Gasteiger partial charge in [0, 0.05) is 43.1 Å². The van der Waals surface area contributed by atoms with Crippen molar-refractivity contribution in [1.82, 2.24) is 4.98 Å². The Morgan fingerprint density at radius 2 is 1.92 bits per heavy atom. The molecule has 0 aliphatic carbocycles. The maximum atomic E-state index is 5.82. The van der Waals surface area contributed by atoms with Gasteiger partial charge in [-0.3, -0.25) is 0 Å². The highest BCUT2D eigenvalue weighted by atomic mass is 16.5. The number of nitrogens with two attached hydrogens (primary N) is 1. The predicted octanol–water partition coefficient (Wildman–Crippen LogP) is 4.24. The maximum absolute atomic E-state index is 5.82. The molecule has 0 saturated carbocycles. The molecule has 0 bridgehead atoms. The van der Waals surface area contributed by atoms with Crippen LogP contribution in [0.15, 0.2) is 48.7 Å². The molecule has 4 nitrogen and oxygen atoms in total. The molecular formula is C20H23N3O. The second-order valence-electron chi connectivity index (χ2n) is 5.91. The van der Waals surface area contributed by atoms with Crippen molar-refractivity contribution in [3.8, 4) is 11.1 Å². The molecule has 3 rings (SSSR count). The number of pyridine rings is 1. The van der Waals surface area contributed by atoms with Crippen molar-refractivity contribution >= 4 is 22.3 Å². The third-order valence-corrected chi connectivity index (χ3v) is 4.16. The average molecular weight is 321 g/mol. The summed E-state index contributed by atoms with van der Waals surface area (Å²) in [5.74, 6) is 0.920. The van der Waals surface area contributed by atoms with E-state index in [0.29, 0.717) is 0 Å². The lowest BCUT2D eigenvalue weighted by Crippen LogP contribution is -2.06. The molecular weight excluding hydrogens is 298 g/mol. The number of anilines is 2. The molecule has 3 aromatic rings. The molecule has 0 fully saturated rings. The summed E-state index contributed by atoms with van der Waals surface area (Å²) in [6.07, 6.45) is 2.89. The highest BCUT2D eigenvalue weighted by Gasteiger charge is 2.11. The minimum atomic E-state index is 0.744. The number of hydrogen-bond donors (Lipinski definition) is 2. The summed E-state index contributed by atoms with van der Waals surface area (Å²) in [6, 6.07) is 14.3. The maximum Gasteiger partial charge on any atom is 0.133 e. The number of hydrogen-bond acceptors (Lipinski definition) is 4. The third kappa shape index (κ3) is 3.34. The summed E-state index contributed by atoms with van der Waals surface area (Å²) in [4.78, 5) is 4.66. The average Bonchev–Trinajstić information content (AvgIpc) is 2.60. The van der Waals surface area contributed by atoms with Gasteiger partial charge in [-0.1, -0.05) is 30.3 Å². The van der Waals surface area contributed by atoms with Gasteiger partial charge in [0.2, 0.25) is 0 Å². The topological polar surface area (TPSA) is 60.2 Å². The standard InChI is InChI=1S/C20H23N3O/c1-14-5-3-6-17-19(14)18(15-7-9-16(21)10-8-15)13-23-20(17)22-11-4-12-24-2/h3,5-10,13H,4,11-12,21H2,1-2H3,(H,22,23). The molecule has 0 radical (unpaired) electrons. The van der Waals surface area contributed by atoms with Gasteiger partial charge >= 0.3 is 0 Å². The van der Waals surface area contributed by atoms with Crippen molar-refractivity contribution in [3.05, 3.63) is 54.2 Å². The third-order valence-electron chi connectivity index (χ3n) is 4.16. The Morgan fingerprint density at radius 3 is 2.67 bits per heavy atom. The van der Waals surface area contributed by atoms with Crippen LogP contribution in [0.2, 0.25) is 0 Å². The Balaban J connectivity index is 2.04. The fraction of sp³-hybridized carbons (Fsp3) is 0.250. The van der Waals surface area contributed by atoms with Crippen molar-refractivity contribution in [2.45, 2.75) is 13.3 Å². The van der Waals surface area contributed by atoms with Gasteiger partial charge in [0.05, 0.1) is 0 Å². The SMILES string of the molecule is COCCCNc1ncc(-c2ccc(N)cc2)c2c(C)cccc12. The summed E-state index contributed by atoms with van der Waals surface area (Å²) in [5, 5.41) is 5.80. The van der Waals surface area contributed by atoms with Crippen molar-refractivity contribution in [2.75, 3.05) is 31.3 Å². The lowest BCUT2D eigenvalue weighted by atomic mass is 9.97. The van der Waals surface area contributed by atoms with E-state index in [4.69, 9.17) is 10.5 Å². The molecule has 2 aromatic carbocycles. The van der Waals surface area contributed by atoms with Crippen LogP contribution in [0.3, 0.4) is 0 Å². The molecule has 0 aliphatic heterocycles. The van der Waals surface area contributed by atoms with Gasteiger partial charge in [-0.2, -0.15) is 0 Å². The lowest BCUT2D eigenvalue weighted by Gasteiger charge is -2.14. The van der Waals surface area contributed by atoms with E-state index in [1.54, 1.807) is 7.11 Å². The normalized spacial score (nSPS) is 10.9. The van der Waals surface area contributed by atoms with Gasteiger partial charge in [0.1, 0.15) is 5.82 Å². The second kappa shape index (κ2) is 7.32. The van der Waals surface area contributed by atoms with Crippen LogP contribution in [0.5, 0.6) is 0 Å². The van der Waals surface area contributed by atoms with Crippen molar-refractivity contribution in [1.29, 1.82) is 0 Å². The minimum Gasteiger partial charge on any atom is -0.399 e. The lowest BCUT2D eigenvalue weighted by molar-refractivity contribution is 0.198. The summed E-state index contributed by atoms with van der Waals surface area (Å²) >= 11 is 0. The highest BCUT2D eigenvalue weighted by Crippen LogP contribution is 2.34. The Bertz CT molecular complexity index is 828. The first-order valence-corrected chi connectivity index (χ1v) is 8.18. The number of ether oxygens (including phenoxy) is 1. The number of nitrogens with one attached hydrogen (secondary N) is 1. The highest BCUT2D eigenvalue weighted by molar-refractivity contribution is 6.03. The Labute approximate surface area is 142 Å². The fourth-order valence-electron chi connectivity index (χ4n) is 2.93. The molecule has 0 atom stereocenters. The van der Waals surface area contributed by atoms with Crippen LogP contribution in [0.4, 0.5) is 11.5 Å². The van der Waals surface area contributed by atoms with Gasteiger partial charge in [-0.25, -0.2) is 4.98 Å². The first kappa shape index (κ1) is 16.3. The van der Waals surface area contributed by atoms with Gasteiger partial charge < -0.3 is 15.8 Å². The monoisotopic (exact) mass is 321 g/mol. The number of fused-ring (bicyclic) bond motifs is 1. The number of nitrogen functional groups attached to an aromatic ring is 1. The van der Waals surface area contributed by atoms with Crippen LogP contribution < -0.4 is 11.1 Å². The number of methoxy groups -OCH3 is 1. The van der Waals surface area contributed by atoms with Crippen LogP contribution in [-0.4, -0.2) is 25.2 Å². The number of benzene rings is 2. The van der Waals surface area contributed by atoms with Gasteiger partial charge in [0.25, 0.3) is 0 Å². The molecule has 3 N–H and O–H groups in total. The quantitative estimate of drug-likeness (QED) is 0.526. The zero-order valence-corrected chi connectivity index (χ0v) is 14.2. The van der Waals surface area contributed by atoms with Crippen molar-refractivity contribution in [3.63, 3.8) is 0 Å². The van der Waals surface area contributed by atoms with E-state index < -0.39 is 0 Å². The van der Waals surface area contributed by atoms with E-state index in [9.17, 15) is 0 Å². The predicted molar refractivity (Wildman–Crippen MR) is 101 cm³/mol. The summed E-state index contributed by atoms with van der Waals surface area (Å²) in [7, 11) is 1.72. The first-order chi connectivity index (χ1) is 11.7. The molecule has 0 spiro atoms. The molecule has 1 aromatic heterocycles. The summed E-state index contributed by atoms with van der Waals surface area (Å²) in [5.41, 5.74) is 10.1. The van der Waals surface area contributed by atoms with Gasteiger partial charge in [-0.15, -0.1) is 0 Å². The Kier molecular flexibility index (Phi) is 4.96. The first-order valence-electron chi connectivity index (χ1n) is 8.18. The molecule has 0 amide bonds. The zero-order chi connectivity index (χ0) is 16.9. The van der Waals surface area contributed by atoms with E-state index in [-0.39, 0.29) is 0 Å². The van der Waals surface area contributed by atoms with Crippen LogP contribution in [0.25, 0.3) is 21.9 Å². The van der Waals surface area contributed by atoms with E-state index in [1.807, 2.05) is 30.5 Å². The number of aryl methyl sites for hydroxylation is 1. The van der Waals surface area contributed by atoms with Crippen LogP contribution in [0, 0.1) is 6.92 Å². The Hall–Kier alpha value is -2.59. The van der Waals surface area contributed by atoms with E-state index >= 15 is 0 Å². The fourth-order valence-corrected chi connectivity index (χ4v) is 2.93. The molecule has 1 heterocycles. The number of nitrogens with zero attached hydrogens (tertiary/aromatic N) is 1. The second-order valence-corrected chi connectivity index (χ2v) is 5.91. The van der Waals surface area contributed by atoms with Gasteiger partial charge in [-0.05, 0) is 42.0 Å². The summed E-state index contributed by atoms with van der Waals surface area (Å²) < 4.78 is 5.10. The number of rotatable bonds is 6.